The van der Waals surface area contributed by atoms with Crippen molar-refractivity contribution in [3.8, 4) is 5.75 Å². The van der Waals surface area contributed by atoms with Gasteiger partial charge in [-0.15, -0.1) is 0 Å². The summed E-state index contributed by atoms with van der Waals surface area (Å²) in [5.74, 6) is 0.744. The highest BCUT2D eigenvalue weighted by atomic mass is 16.5. The number of anilines is 2. The van der Waals surface area contributed by atoms with Gasteiger partial charge < -0.3 is 15.8 Å². The lowest BCUT2D eigenvalue weighted by atomic mass is 9.86. The zero-order valence-corrected chi connectivity index (χ0v) is 9.66. The summed E-state index contributed by atoms with van der Waals surface area (Å²) in [6, 6.07) is 5.46. The van der Waals surface area contributed by atoms with Crippen LogP contribution in [0.15, 0.2) is 18.2 Å². The summed E-state index contributed by atoms with van der Waals surface area (Å²) in [6.45, 7) is 0.468. The van der Waals surface area contributed by atoms with Crippen molar-refractivity contribution in [1.29, 1.82) is 0 Å². The van der Waals surface area contributed by atoms with Crippen molar-refractivity contribution in [2.45, 2.75) is 25.7 Å². The molecule has 1 aromatic rings. The van der Waals surface area contributed by atoms with Crippen molar-refractivity contribution >= 4 is 17.3 Å². The number of nitrogens with two attached hydrogens (primary N) is 1. The van der Waals surface area contributed by atoms with Crippen LogP contribution in [0.1, 0.15) is 25.7 Å². The lowest BCUT2D eigenvalue weighted by Gasteiger charge is -2.23. The predicted octanol–water partition coefficient (Wildman–Crippen LogP) is 2.16. The summed E-state index contributed by atoms with van der Waals surface area (Å²) in [5, 5.41) is 2.93. The summed E-state index contributed by atoms with van der Waals surface area (Å²) >= 11 is 0. The number of carbonyl (C=O) groups is 1. The monoisotopic (exact) mass is 232 g/mol. The topological polar surface area (TPSA) is 64.3 Å². The molecule has 1 saturated carbocycles. The van der Waals surface area contributed by atoms with Gasteiger partial charge in [0.15, 0.2) is 0 Å². The van der Waals surface area contributed by atoms with Crippen LogP contribution in [0.4, 0.5) is 11.4 Å². The fourth-order valence-corrected chi connectivity index (χ4v) is 2.75. The SMILES string of the molecule is Nc1cccc2c1NC(=O)C1(CCCC1)CO2. The Balaban J connectivity index is 1.99. The summed E-state index contributed by atoms with van der Waals surface area (Å²) < 4.78 is 5.77. The van der Waals surface area contributed by atoms with Gasteiger partial charge in [0.25, 0.3) is 0 Å². The Morgan fingerprint density at radius 2 is 2.06 bits per heavy atom. The van der Waals surface area contributed by atoms with E-state index in [1.165, 1.54) is 0 Å². The maximum atomic E-state index is 12.3. The number of rotatable bonds is 0. The van der Waals surface area contributed by atoms with E-state index in [1.807, 2.05) is 12.1 Å². The molecule has 4 nitrogen and oxygen atoms in total. The molecule has 90 valence electrons. The first kappa shape index (κ1) is 10.4. The first-order valence-electron chi connectivity index (χ1n) is 6.04. The number of fused-ring (bicyclic) bond motifs is 1. The number of nitrogen functional groups attached to an aromatic ring is 1. The van der Waals surface area contributed by atoms with E-state index in [-0.39, 0.29) is 11.3 Å². The minimum absolute atomic E-state index is 0.0617. The number of para-hydroxylation sites is 1. The number of benzene rings is 1. The highest BCUT2D eigenvalue weighted by Crippen LogP contribution is 2.44. The second-order valence-corrected chi connectivity index (χ2v) is 4.95. The Bertz CT molecular complexity index is 464. The third-order valence-electron chi connectivity index (χ3n) is 3.84. The molecule has 1 aliphatic carbocycles. The Hall–Kier alpha value is -1.71. The molecule has 1 amide bonds. The van der Waals surface area contributed by atoms with E-state index >= 15 is 0 Å². The van der Waals surface area contributed by atoms with Gasteiger partial charge in [0, 0.05) is 0 Å². The molecule has 2 aliphatic rings. The second kappa shape index (κ2) is 3.65. The van der Waals surface area contributed by atoms with Gasteiger partial charge in [0.05, 0.1) is 11.1 Å². The lowest BCUT2D eigenvalue weighted by Crippen LogP contribution is -2.37. The molecule has 1 spiro atoms. The van der Waals surface area contributed by atoms with Gasteiger partial charge in [-0.05, 0) is 25.0 Å². The van der Waals surface area contributed by atoms with Crippen LogP contribution >= 0.6 is 0 Å². The van der Waals surface area contributed by atoms with Gasteiger partial charge >= 0.3 is 0 Å². The molecule has 0 atom stereocenters. The molecular weight excluding hydrogens is 216 g/mol. The first-order valence-corrected chi connectivity index (χ1v) is 6.04. The fraction of sp³-hybridized carbons (Fsp3) is 0.462. The van der Waals surface area contributed by atoms with Gasteiger partial charge in [-0.1, -0.05) is 18.9 Å². The maximum Gasteiger partial charge on any atom is 0.234 e. The van der Waals surface area contributed by atoms with Crippen LogP contribution in [0.2, 0.25) is 0 Å². The Morgan fingerprint density at radius 1 is 1.29 bits per heavy atom. The van der Waals surface area contributed by atoms with E-state index in [1.54, 1.807) is 6.07 Å². The lowest BCUT2D eigenvalue weighted by molar-refractivity contribution is -0.126. The van der Waals surface area contributed by atoms with Crippen LogP contribution in [0.25, 0.3) is 0 Å². The largest absolute Gasteiger partial charge is 0.490 e. The summed E-state index contributed by atoms with van der Waals surface area (Å²) in [6.07, 6.45) is 4.02. The van der Waals surface area contributed by atoms with E-state index in [0.29, 0.717) is 23.7 Å². The molecule has 0 saturated heterocycles. The number of hydrogen-bond acceptors (Lipinski definition) is 3. The zero-order chi connectivity index (χ0) is 11.9. The maximum absolute atomic E-state index is 12.3. The zero-order valence-electron chi connectivity index (χ0n) is 9.66. The van der Waals surface area contributed by atoms with Crippen molar-refractivity contribution in [2.24, 2.45) is 5.41 Å². The van der Waals surface area contributed by atoms with E-state index in [9.17, 15) is 4.79 Å². The highest BCUT2D eigenvalue weighted by Gasteiger charge is 2.44. The van der Waals surface area contributed by atoms with Crippen LogP contribution in [0.5, 0.6) is 5.75 Å². The van der Waals surface area contributed by atoms with Crippen LogP contribution in [-0.4, -0.2) is 12.5 Å². The fourth-order valence-electron chi connectivity index (χ4n) is 2.75. The van der Waals surface area contributed by atoms with Gasteiger partial charge in [0.1, 0.15) is 18.0 Å². The van der Waals surface area contributed by atoms with E-state index in [2.05, 4.69) is 5.32 Å². The molecule has 0 aromatic heterocycles. The molecule has 0 unspecified atom stereocenters. The standard InChI is InChI=1S/C13H16N2O2/c14-9-4-3-5-10-11(9)15-12(16)13(8-17-10)6-1-2-7-13/h3-5H,1-2,6-8,14H2,(H,15,16). The quantitative estimate of drug-likeness (QED) is 0.674. The van der Waals surface area contributed by atoms with Gasteiger partial charge in [0.2, 0.25) is 5.91 Å². The van der Waals surface area contributed by atoms with Gasteiger partial charge in [-0.2, -0.15) is 0 Å². The Kier molecular flexibility index (Phi) is 2.24. The minimum Gasteiger partial charge on any atom is -0.490 e. The average molecular weight is 232 g/mol. The molecule has 1 fully saturated rings. The molecule has 0 bridgehead atoms. The van der Waals surface area contributed by atoms with Gasteiger partial charge in [-0.25, -0.2) is 0 Å². The minimum atomic E-state index is -0.342. The Labute approximate surface area is 100 Å². The molecule has 17 heavy (non-hydrogen) atoms. The van der Waals surface area contributed by atoms with Gasteiger partial charge in [-0.3, -0.25) is 4.79 Å². The summed E-state index contributed by atoms with van der Waals surface area (Å²) in [5.41, 5.74) is 6.71. The van der Waals surface area contributed by atoms with E-state index in [4.69, 9.17) is 10.5 Å². The van der Waals surface area contributed by atoms with Crippen LogP contribution < -0.4 is 15.8 Å². The van der Waals surface area contributed by atoms with Crippen molar-refractivity contribution in [3.05, 3.63) is 18.2 Å². The molecule has 0 radical (unpaired) electrons. The summed E-state index contributed by atoms with van der Waals surface area (Å²) in [4.78, 5) is 12.3. The molecule has 4 heteroatoms. The van der Waals surface area contributed by atoms with Crippen LogP contribution in [0, 0.1) is 5.41 Å². The van der Waals surface area contributed by atoms with Crippen molar-refractivity contribution in [3.63, 3.8) is 0 Å². The van der Waals surface area contributed by atoms with Crippen molar-refractivity contribution in [2.75, 3.05) is 17.7 Å². The predicted molar refractivity (Wildman–Crippen MR) is 65.9 cm³/mol. The number of nitrogens with one attached hydrogen (secondary N) is 1. The highest BCUT2D eigenvalue weighted by molar-refractivity contribution is 6.00. The van der Waals surface area contributed by atoms with E-state index < -0.39 is 0 Å². The number of ether oxygens (including phenoxy) is 1. The van der Waals surface area contributed by atoms with Crippen molar-refractivity contribution < 1.29 is 9.53 Å². The second-order valence-electron chi connectivity index (χ2n) is 4.95. The smallest absolute Gasteiger partial charge is 0.234 e. The molecule has 1 aromatic carbocycles. The normalized spacial score (nSPS) is 21.5. The molecule has 3 rings (SSSR count). The van der Waals surface area contributed by atoms with Crippen LogP contribution in [0.3, 0.4) is 0 Å². The van der Waals surface area contributed by atoms with E-state index in [0.717, 1.165) is 25.7 Å². The average Bonchev–Trinajstić information content (AvgIpc) is 2.74. The van der Waals surface area contributed by atoms with Crippen LogP contribution in [-0.2, 0) is 4.79 Å². The molecule has 1 aliphatic heterocycles. The summed E-state index contributed by atoms with van der Waals surface area (Å²) in [7, 11) is 0. The Morgan fingerprint density at radius 3 is 2.82 bits per heavy atom. The van der Waals surface area contributed by atoms with Crippen molar-refractivity contribution in [1.82, 2.24) is 0 Å². The third-order valence-corrected chi connectivity index (χ3v) is 3.84. The third kappa shape index (κ3) is 1.55. The number of amides is 1. The number of hydrogen-bond donors (Lipinski definition) is 2. The first-order chi connectivity index (χ1) is 8.21. The molecule has 1 heterocycles. The molecular formula is C13H16N2O2. The number of carbonyl (C=O) groups excluding carboxylic acids is 1. The molecule has 3 N–H and O–H groups in total.